The van der Waals surface area contributed by atoms with Crippen molar-refractivity contribution in [3.8, 4) is 0 Å². The smallest absolute Gasteiger partial charge is 0.267 e. The van der Waals surface area contributed by atoms with Crippen LogP contribution >= 0.6 is 24.0 Å². The van der Waals surface area contributed by atoms with E-state index >= 15 is 0 Å². The minimum absolute atomic E-state index is 0.0609. The minimum atomic E-state index is -3.15. The number of anilines is 1. The Balaban J connectivity index is 1.72. The van der Waals surface area contributed by atoms with Crippen LogP contribution in [0.15, 0.2) is 29.2 Å². The molecule has 0 radical (unpaired) electrons. The van der Waals surface area contributed by atoms with Gasteiger partial charge in [0.2, 0.25) is 0 Å². The van der Waals surface area contributed by atoms with Crippen molar-refractivity contribution < 1.29 is 18.0 Å². The number of fused-ring (bicyclic) bond motifs is 1. The summed E-state index contributed by atoms with van der Waals surface area (Å²) in [6.45, 7) is 4.79. The number of carbonyl (C=O) groups is 2. The first-order valence-electron chi connectivity index (χ1n) is 9.61. The molecule has 0 spiro atoms. The van der Waals surface area contributed by atoms with Crippen molar-refractivity contribution in [3.63, 3.8) is 0 Å². The zero-order chi connectivity index (χ0) is 20.9. The molecule has 9 heteroatoms. The van der Waals surface area contributed by atoms with Crippen molar-refractivity contribution in [2.24, 2.45) is 5.92 Å². The van der Waals surface area contributed by atoms with Crippen LogP contribution in [-0.2, 0) is 19.4 Å². The second-order valence-electron chi connectivity index (χ2n) is 7.96. The maximum Gasteiger partial charge on any atom is 0.267 e. The molecule has 2 saturated heterocycles. The molecule has 6 nitrogen and oxygen atoms in total. The molecule has 0 aliphatic carbocycles. The fourth-order valence-corrected chi connectivity index (χ4v) is 7.10. The van der Waals surface area contributed by atoms with Crippen LogP contribution in [0, 0.1) is 5.92 Å². The summed E-state index contributed by atoms with van der Waals surface area (Å²) in [6.07, 6.45) is 1.23. The second kappa shape index (κ2) is 7.52. The molecule has 29 heavy (non-hydrogen) atoms. The quantitative estimate of drug-likeness (QED) is 0.519. The van der Waals surface area contributed by atoms with Crippen LogP contribution in [0.5, 0.6) is 0 Å². The minimum Gasteiger partial charge on any atom is -0.308 e. The van der Waals surface area contributed by atoms with Crippen LogP contribution in [0.2, 0.25) is 0 Å². The van der Waals surface area contributed by atoms with Gasteiger partial charge in [0.05, 0.1) is 33.7 Å². The van der Waals surface area contributed by atoms with Gasteiger partial charge in [-0.25, -0.2) is 8.42 Å². The average molecular weight is 451 g/mol. The third kappa shape index (κ3) is 3.64. The first kappa shape index (κ1) is 20.6. The third-order valence-electron chi connectivity index (χ3n) is 5.45. The van der Waals surface area contributed by atoms with Crippen LogP contribution in [0.3, 0.4) is 0 Å². The molecule has 3 heterocycles. The largest absolute Gasteiger partial charge is 0.308 e. The number of rotatable bonds is 4. The predicted molar refractivity (Wildman–Crippen MR) is 119 cm³/mol. The van der Waals surface area contributed by atoms with Gasteiger partial charge in [0.15, 0.2) is 9.84 Å². The summed E-state index contributed by atoms with van der Waals surface area (Å²) in [7, 11) is -3.15. The van der Waals surface area contributed by atoms with E-state index in [-0.39, 0.29) is 23.3 Å². The number of thioether (sulfide) groups is 1. The molecule has 0 saturated carbocycles. The van der Waals surface area contributed by atoms with E-state index in [1.54, 1.807) is 4.90 Å². The molecule has 3 aliphatic rings. The maximum atomic E-state index is 13.3. The third-order valence-corrected chi connectivity index (χ3v) is 8.60. The van der Waals surface area contributed by atoms with Crippen molar-refractivity contribution in [1.82, 2.24) is 4.90 Å². The highest BCUT2D eigenvalue weighted by molar-refractivity contribution is 8.26. The Hall–Kier alpha value is -1.71. The number of nitrogens with zero attached hydrogens (tertiary/aromatic N) is 2. The highest BCUT2D eigenvalue weighted by Gasteiger charge is 2.46. The fourth-order valence-electron chi connectivity index (χ4n) is 3.93. The number of sulfone groups is 1. The van der Waals surface area contributed by atoms with Gasteiger partial charge in [-0.3, -0.25) is 14.5 Å². The van der Waals surface area contributed by atoms with E-state index in [0.29, 0.717) is 33.7 Å². The Labute approximate surface area is 180 Å². The molecule has 1 unspecified atom stereocenters. The number of benzene rings is 1. The molecule has 0 aromatic heterocycles. The molecule has 4 rings (SSSR count). The van der Waals surface area contributed by atoms with Crippen molar-refractivity contribution in [3.05, 3.63) is 34.7 Å². The first-order valence-corrected chi connectivity index (χ1v) is 12.7. The summed E-state index contributed by atoms with van der Waals surface area (Å²) < 4.78 is 24.1. The standard InChI is InChI=1S/C20H22N2O4S3/c1-12(2)7-9-21-15-6-4-3-5-14(15)16(18(21)23)17-19(24)22(20(27)28-17)13-8-10-29(25,26)11-13/h3-6,12-13H,7-11H2,1-2H3. The molecule has 1 atom stereocenters. The molecule has 154 valence electrons. The van der Waals surface area contributed by atoms with Crippen molar-refractivity contribution in [2.45, 2.75) is 32.7 Å². The first-order chi connectivity index (χ1) is 13.7. The molecule has 3 aliphatic heterocycles. The molecule has 0 N–H and O–H groups in total. The number of thiocarbonyl (C=S) groups is 1. The van der Waals surface area contributed by atoms with Crippen LogP contribution in [0.25, 0.3) is 5.57 Å². The van der Waals surface area contributed by atoms with Gasteiger partial charge in [-0.1, -0.05) is 56.0 Å². The Morgan fingerprint density at radius 1 is 1.21 bits per heavy atom. The van der Waals surface area contributed by atoms with E-state index in [4.69, 9.17) is 12.2 Å². The van der Waals surface area contributed by atoms with Crippen LogP contribution in [0.4, 0.5) is 5.69 Å². The lowest BCUT2D eigenvalue weighted by Crippen LogP contribution is -2.39. The summed E-state index contributed by atoms with van der Waals surface area (Å²) in [6, 6.07) is 7.03. The highest BCUT2D eigenvalue weighted by atomic mass is 32.2. The van der Waals surface area contributed by atoms with Gasteiger partial charge in [-0.05, 0) is 24.8 Å². The molecule has 2 fully saturated rings. The average Bonchev–Trinajstić information content (AvgIpc) is 3.24. The Morgan fingerprint density at radius 3 is 2.59 bits per heavy atom. The fraction of sp³-hybridized carbons (Fsp3) is 0.450. The van der Waals surface area contributed by atoms with Crippen LogP contribution in [0.1, 0.15) is 32.3 Å². The number of carbonyl (C=O) groups excluding carboxylic acids is 2. The maximum absolute atomic E-state index is 13.3. The normalized spacial score (nSPS) is 26.2. The summed E-state index contributed by atoms with van der Waals surface area (Å²) in [5, 5.41) is 0. The van der Waals surface area contributed by atoms with Crippen LogP contribution < -0.4 is 4.90 Å². The van der Waals surface area contributed by atoms with Gasteiger partial charge >= 0.3 is 0 Å². The number of para-hydroxylation sites is 1. The van der Waals surface area contributed by atoms with E-state index < -0.39 is 15.9 Å². The lowest BCUT2D eigenvalue weighted by Gasteiger charge is -2.21. The number of hydrogen-bond acceptors (Lipinski definition) is 6. The molecule has 1 aromatic carbocycles. The zero-order valence-electron chi connectivity index (χ0n) is 16.3. The zero-order valence-corrected chi connectivity index (χ0v) is 18.7. The Morgan fingerprint density at radius 2 is 1.93 bits per heavy atom. The van der Waals surface area contributed by atoms with Gasteiger partial charge in [-0.2, -0.15) is 0 Å². The van der Waals surface area contributed by atoms with Crippen LogP contribution in [-0.4, -0.2) is 53.5 Å². The van der Waals surface area contributed by atoms with E-state index in [1.807, 2.05) is 24.3 Å². The number of amides is 2. The molecular formula is C20H22N2O4S3. The second-order valence-corrected chi connectivity index (χ2v) is 11.8. The summed E-state index contributed by atoms with van der Waals surface area (Å²) in [5.74, 6) is -0.114. The van der Waals surface area contributed by atoms with Crippen molar-refractivity contribution in [2.75, 3.05) is 23.0 Å². The van der Waals surface area contributed by atoms with Gasteiger partial charge < -0.3 is 4.90 Å². The highest BCUT2D eigenvalue weighted by Crippen LogP contribution is 2.45. The lowest BCUT2D eigenvalue weighted by atomic mass is 10.1. The Kier molecular flexibility index (Phi) is 5.33. The predicted octanol–water partition coefficient (Wildman–Crippen LogP) is 2.84. The van der Waals surface area contributed by atoms with E-state index in [0.717, 1.165) is 29.4 Å². The topological polar surface area (TPSA) is 74.8 Å². The van der Waals surface area contributed by atoms with Gasteiger partial charge in [-0.15, -0.1) is 0 Å². The summed E-state index contributed by atoms with van der Waals surface area (Å²) in [5.41, 5.74) is 1.92. The monoisotopic (exact) mass is 450 g/mol. The van der Waals surface area contributed by atoms with E-state index in [2.05, 4.69) is 13.8 Å². The van der Waals surface area contributed by atoms with E-state index in [9.17, 15) is 18.0 Å². The van der Waals surface area contributed by atoms with Crippen molar-refractivity contribution in [1.29, 1.82) is 0 Å². The van der Waals surface area contributed by atoms with Gasteiger partial charge in [0, 0.05) is 12.1 Å². The number of hydrogen-bond donors (Lipinski definition) is 0. The van der Waals surface area contributed by atoms with Gasteiger partial charge in [0.25, 0.3) is 11.8 Å². The van der Waals surface area contributed by atoms with Gasteiger partial charge in [0.1, 0.15) is 4.32 Å². The molecular weight excluding hydrogens is 428 g/mol. The van der Waals surface area contributed by atoms with E-state index in [1.165, 1.54) is 4.90 Å². The molecule has 2 amide bonds. The SMILES string of the molecule is CC(C)CCN1C(=O)C(=C2SC(=S)N(C3CCS(=O)(=O)C3)C2=O)c2ccccc21. The lowest BCUT2D eigenvalue weighted by molar-refractivity contribution is -0.123. The van der Waals surface area contributed by atoms with Crippen molar-refractivity contribution >= 4 is 61.2 Å². The molecule has 0 bridgehead atoms. The Bertz CT molecular complexity index is 1050. The summed E-state index contributed by atoms with van der Waals surface area (Å²) in [4.78, 5) is 30.0. The molecule has 1 aromatic rings. The summed E-state index contributed by atoms with van der Waals surface area (Å²) >= 11 is 6.51.